The standard InChI is InChI=1S/C13H10ClN3O2/c1-18-10-6-4-9(5-7-10)17-12(15-13(14)16-17)11-3-2-8-19-11/h2-8H,1H3. The summed E-state index contributed by atoms with van der Waals surface area (Å²) in [7, 11) is 1.62. The Morgan fingerprint density at radius 1 is 1.21 bits per heavy atom. The van der Waals surface area contributed by atoms with E-state index in [-0.39, 0.29) is 5.28 Å². The van der Waals surface area contributed by atoms with Crippen molar-refractivity contribution in [3.63, 3.8) is 0 Å². The second-order valence-corrected chi connectivity index (χ2v) is 4.13. The van der Waals surface area contributed by atoms with Gasteiger partial charge in [0, 0.05) is 0 Å². The van der Waals surface area contributed by atoms with Gasteiger partial charge >= 0.3 is 0 Å². The van der Waals surface area contributed by atoms with E-state index in [1.807, 2.05) is 24.3 Å². The highest BCUT2D eigenvalue weighted by Gasteiger charge is 2.14. The van der Waals surface area contributed by atoms with Gasteiger partial charge in [-0.25, -0.2) is 4.68 Å². The summed E-state index contributed by atoms with van der Waals surface area (Å²) in [6.45, 7) is 0. The van der Waals surface area contributed by atoms with Gasteiger partial charge in [0.15, 0.2) is 11.6 Å². The summed E-state index contributed by atoms with van der Waals surface area (Å²) < 4.78 is 12.1. The Morgan fingerprint density at radius 3 is 2.63 bits per heavy atom. The second-order valence-electron chi connectivity index (χ2n) is 3.79. The Labute approximate surface area is 114 Å². The molecule has 96 valence electrons. The topological polar surface area (TPSA) is 53.1 Å². The summed E-state index contributed by atoms with van der Waals surface area (Å²) in [6.07, 6.45) is 1.58. The molecule has 2 heterocycles. The third-order valence-electron chi connectivity index (χ3n) is 2.64. The number of methoxy groups -OCH3 is 1. The molecule has 0 saturated heterocycles. The first-order valence-electron chi connectivity index (χ1n) is 5.59. The Balaban J connectivity index is 2.09. The van der Waals surface area contributed by atoms with Gasteiger partial charge < -0.3 is 9.15 Å². The summed E-state index contributed by atoms with van der Waals surface area (Å²) in [6, 6.07) is 11.0. The van der Waals surface area contributed by atoms with E-state index in [1.165, 1.54) is 0 Å². The van der Waals surface area contributed by atoms with Crippen molar-refractivity contribution in [1.29, 1.82) is 0 Å². The number of rotatable bonds is 3. The summed E-state index contributed by atoms with van der Waals surface area (Å²) >= 11 is 5.88. The normalized spacial score (nSPS) is 10.6. The van der Waals surface area contributed by atoms with Crippen LogP contribution in [0.1, 0.15) is 0 Å². The maximum absolute atomic E-state index is 5.88. The molecule has 0 amide bonds. The van der Waals surface area contributed by atoms with Crippen LogP contribution in [0.4, 0.5) is 0 Å². The Kier molecular flexibility index (Phi) is 2.97. The highest BCUT2D eigenvalue weighted by Crippen LogP contribution is 2.24. The van der Waals surface area contributed by atoms with Crippen molar-refractivity contribution < 1.29 is 9.15 Å². The van der Waals surface area contributed by atoms with Crippen LogP contribution in [0.3, 0.4) is 0 Å². The van der Waals surface area contributed by atoms with Crippen molar-refractivity contribution in [2.45, 2.75) is 0 Å². The summed E-state index contributed by atoms with van der Waals surface area (Å²) in [4.78, 5) is 4.16. The predicted molar refractivity (Wildman–Crippen MR) is 70.6 cm³/mol. The van der Waals surface area contributed by atoms with Crippen LogP contribution in [0.2, 0.25) is 5.28 Å². The molecule has 5 nitrogen and oxygen atoms in total. The first-order chi connectivity index (χ1) is 9.28. The molecule has 3 rings (SSSR count). The largest absolute Gasteiger partial charge is 0.497 e. The zero-order valence-electron chi connectivity index (χ0n) is 10.1. The number of benzene rings is 1. The van der Waals surface area contributed by atoms with E-state index in [4.69, 9.17) is 20.8 Å². The maximum Gasteiger partial charge on any atom is 0.243 e. The van der Waals surface area contributed by atoms with E-state index in [0.717, 1.165) is 11.4 Å². The molecule has 0 aliphatic carbocycles. The van der Waals surface area contributed by atoms with Gasteiger partial charge in [-0.15, -0.1) is 5.10 Å². The van der Waals surface area contributed by atoms with Crippen molar-refractivity contribution in [3.05, 3.63) is 47.9 Å². The number of hydrogen-bond acceptors (Lipinski definition) is 4. The Bertz CT molecular complexity index is 674. The van der Waals surface area contributed by atoms with Crippen molar-refractivity contribution in [3.8, 4) is 23.0 Å². The molecule has 0 atom stereocenters. The molecule has 0 saturated carbocycles. The molecule has 0 radical (unpaired) electrons. The van der Waals surface area contributed by atoms with Gasteiger partial charge in [-0.05, 0) is 48.0 Å². The van der Waals surface area contributed by atoms with Gasteiger partial charge in [-0.2, -0.15) is 4.98 Å². The molecular formula is C13H10ClN3O2. The Morgan fingerprint density at radius 2 is 2.00 bits per heavy atom. The summed E-state index contributed by atoms with van der Waals surface area (Å²) in [5.74, 6) is 1.94. The number of ether oxygens (including phenoxy) is 1. The van der Waals surface area contributed by atoms with Gasteiger partial charge in [-0.1, -0.05) is 0 Å². The number of aromatic nitrogens is 3. The Hall–Kier alpha value is -2.27. The number of hydrogen-bond donors (Lipinski definition) is 0. The van der Waals surface area contributed by atoms with Crippen molar-refractivity contribution in [1.82, 2.24) is 14.8 Å². The van der Waals surface area contributed by atoms with E-state index in [0.29, 0.717) is 11.6 Å². The van der Waals surface area contributed by atoms with Crippen LogP contribution >= 0.6 is 11.6 Å². The van der Waals surface area contributed by atoms with Crippen LogP contribution in [0.5, 0.6) is 5.75 Å². The fourth-order valence-electron chi connectivity index (χ4n) is 1.76. The molecule has 3 aromatic rings. The monoisotopic (exact) mass is 275 g/mol. The SMILES string of the molecule is COc1ccc(-n2nc(Cl)nc2-c2ccco2)cc1. The van der Waals surface area contributed by atoms with Crippen LogP contribution in [0.25, 0.3) is 17.3 Å². The van der Waals surface area contributed by atoms with Crippen molar-refractivity contribution in [2.75, 3.05) is 7.11 Å². The maximum atomic E-state index is 5.88. The molecule has 0 unspecified atom stereocenters. The summed E-state index contributed by atoms with van der Waals surface area (Å²) in [5, 5.41) is 4.33. The average Bonchev–Trinajstić information content (AvgIpc) is 3.07. The molecule has 0 N–H and O–H groups in total. The second kappa shape index (κ2) is 4.78. The molecule has 19 heavy (non-hydrogen) atoms. The number of furan rings is 1. The minimum atomic E-state index is 0.169. The van der Waals surface area contributed by atoms with Crippen LogP contribution in [0.15, 0.2) is 47.1 Å². The lowest BCUT2D eigenvalue weighted by molar-refractivity contribution is 0.414. The quantitative estimate of drug-likeness (QED) is 0.737. The van der Waals surface area contributed by atoms with Crippen LogP contribution in [-0.2, 0) is 0 Å². The third kappa shape index (κ3) is 2.20. The molecule has 0 fully saturated rings. The molecule has 6 heteroatoms. The number of halogens is 1. The van der Waals surface area contributed by atoms with Gasteiger partial charge in [0.05, 0.1) is 19.1 Å². The van der Waals surface area contributed by atoms with E-state index < -0.39 is 0 Å². The fraction of sp³-hybridized carbons (Fsp3) is 0.0769. The zero-order chi connectivity index (χ0) is 13.2. The molecule has 0 spiro atoms. The van der Waals surface area contributed by atoms with Crippen LogP contribution in [0, 0.1) is 0 Å². The minimum Gasteiger partial charge on any atom is -0.497 e. The first-order valence-corrected chi connectivity index (χ1v) is 5.96. The van der Waals surface area contributed by atoms with Gasteiger partial charge in [-0.3, -0.25) is 0 Å². The molecular weight excluding hydrogens is 266 g/mol. The van der Waals surface area contributed by atoms with E-state index >= 15 is 0 Å². The fourth-order valence-corrected chi connectivity index (χ4v) is 1.91. The third-order valence-corrected chi connectivity index (χ3v) is 2.80. The van der Waals surface area contributed by atoms with Crippen molar-refractivity contribution in [2.24, 2.45) is 0 Å². The predicted octanol–water partition coefficient (Wildman–Crippen LogP) is 3.19. The van der Waals surface area contributed by atoms with Crippen molar-refractivity contribution >= 4 is 11.6 Å². The molecule has 0 aliphatic rings. The van der Waals surface area contributed by atoms with E-state index in [9.17, 15) is 0 Å². The zero-order valence-corrected chi connectivity index (χ0v) is 10.8. The summed E-state index contributed by atoms with van der Waals surface area (Å²) in [5.41, 5.74) is 0.826. The molecule has 2 aromatic heterocycles. The van der Waals surface area contributed by atoms with E-state index in [1.54, 1.807) is 30.2 Å². The smallest absolute Gasteiger partial charge is 0.243 e. The highest BCUT2D eigenvalue weighted by atomic mass is 35.5. The van der Waals surface area contributed by atoms with Gasteiger partial charge in [0.25, 0.3) is 0 Å². The lowest BCUT2D eigenvalue weighted by atomic mass is 10.3. The van der Waals surface area contributed by atoms with E-state index in [2.05, 4.69) is 10.1 Å². The first kappa shape index (κ1) is 11.8. The molecule has 1 aromatic carbocycles. The highest BCUT2D eigenvalue weighted by molar-refractivity contribution is 6.28. The minimum absolute atomic E-state index is 0.169. The molecule has 0 aliphatic heterocycles. The molecule has 0 bridgehead atoms. The number of nitrogens with zero attached hydrogens (tertiary/aromatic N) is 3. The lowest BCUT2D eigenvalue weighted by Crippen LogP contribution is -1.99. The van der Waals surface area contributed by atoms with Gasteiger partial charge in [0.1, 0.15) is 5.75 Å². The average molecular weight is 276 g/mol. The van der Waals surface area contributed by atoms with Gasteiger partial charge in [0.2, 0.25) is 5.28 Å². The van der Waals surface area contributed by atoms with Crippen LogP contribution in [-0.4, -0.2) is 21.9 Å². The van der Waals surface area contributed by atoms with Crippen LogP contribution < -0.4 is 4.74 Å². The lowest BCUT2D eigenvalue weighted by Gasteiger charge is -2.05.